The van der Waals surface area contributed by atoms with Crippen molar-refractivity contribution in [3.8, 4) is 0 Å². The molecule has 22 heavy (non-hydrogen) atoms. The minimum Gasteiger partial charge on any atom is -0.495 e. The van der Waals surface area contributed by atoms with E-state index in [0.29, 0.717) is 5.69 Å². The van der Waals surface area contributed by atoms with E-state index in [1.165, 1.54) is 26.4 Å². The molecule has 0 fully saturated rings. The second-order valence-corrected chi connectivity index (χ2v) is 4.57. The Morgan fingerprint density at radius 1 is 1.32 bits per heavy atom. The molecule has 8 heteroatoms. The summed E-state index contributed by atoms with van der Waals surface area (Å²) in [5.74, 6) is 0.164. The molecule has 2 N–H and O–H groups in total. The second-order valence-electron chi connectivity index (χ2n) is 4.57. The largest absolute Gasteiger partial charge is 0.495 e. The lowest BCUT2D eigenvalue weighted by Crippen LogP contribution is -2.48. The molecule has 0 aromatic heterocycles. The van der Waals surface area contributed by atoms with E-state index in [0.717, 1.165) is 0 Å². The summed E-state index contributed by atoms with van der Waals surface area (Å²) >= 11 is 0. The van der Waals surface area contributed by atoms with Gasteiger partial charge < -0.3 is 15.2 Å². The average molecular weight is 304 g/mol. The van der Waals surface area contributed by atoms with E-state index in [1.54, 1.807) is 24.3 Å². The molecule has 0 saturated carbocycles. The van der Waals surface area contributed by atoms with E-state index >= 15 is 0 Å². The van der Waals surface area contributed by atoms with Crippen molar-refractivity contribution in [2.75, 3.05) is 14.2 Å². The molecule has 0 amide bonds. The Kier molecular flexibility index (Phi) is 4.52. The van der Waals surface area contributed by atoms with Crippen molar-refractivity contribution in [1.82, 2.24) is 0 Å². The van der Waals surface area contributed by atoms with E-state index < -0.39 is 16.7 Å². The molecule has 116 valence electrons. The van der Waals surface area contributed by atoms with Gasteiger partial charge in [0.05, 0.1) is 29.5 Å². The van der Waals surface area contributed by atoms with E-state index in [2.05, 4.69) is 10.2 Å². The van der Waals surface area contributed by atoms with Gasteiger partial charge in [-0.3, -0.25) is 10.1 Å². The quantitative estimate of drug-likeness (QED) is 0.508. The summed E-state index contributed by atoms with van der Waals surface area (Å²) in [4.78, 5) is 11.1. The Balaban J connectivity index is 2.49. The van der Waals surface area contributed by atoms with Crippen LogP contribution in [0.3, 0.4) is 0 Å². The van der Waals surface area contributed by atoms with Crippen molar-refractivity contribution in [3.05, 3.63) is 64.1 Å². The average Bonchev–Trinajstić information content (AvgIpc) is 2.54. The fourth-order valence-electron chi connectivity index (χ4n) is 2.06. The number of nitro groups is 1. The normalized spacial score (nSPS) is 24.7. The number of nitrogens with two attached hydrogens (primary N) is 1. The molecule has 8 nitrogen and oxygen atoms in total. The lowest BCUT2D eigenvalue weighted by molar-refractivity contribution is -0.565. The van der Waals surface area contributed by atoms with Gasteiger partial charge in [0.15, 0.2) is 6.10 Å². The van der Waals surface area contributed by atoms with Gasteiger partial charge in [-0.1, -0.05) is 18.2 Å². The highest BCUT2D eigenvalue weighted by Gasteiger charge is 2.52. The molecule has 0 bridgehead atoms. The van der Waals surface area contributed by atoms with Gasteiger partial charge in [-0.25, -0.2) is 0 Å². The molecule has 1 aromatic carbocycles. The summed E-state index contributed by atoms with van der Waals surface area (Å²) in [5.41, 5.74) is 4.59. The SMILES string of the molecule is COC1=CC(N=Nc2ccccc2)([N+](=O)[O-])C(OC)C=C1N. The van der Waals surface area contributed by atoms with Gasteiger partial charge >= 0.3 is 5.66 Å². The number of azo groups is 1. The maximum atomic E-state index is 11.6. The number of nitrogens with zero attached hydrogens (tertiary/aromatic N) is 3. The number of hydrogen-bond acceptors (Lipinski definition) is 7. The van der Waals surface area contributed by atoms with Crippen molar-refractivity contribution >= 4 is 5.69 Å². The van der Waals surface area contributed by atoms with Crippen molar-refractivity contribution in [3.63, 3.8) is 0 Å². The highest BCUT2D eigenvalue weighted by Crippen LogP contribution is 2.32. The zero-order chi connectivity index (χ0) is 16.2. The van der Waals surface area contributed by atoms with Gasteiger partial charge in [0.25, 0.3) is 0 Å². The van der Waals surface area contributed by atoms with Crippen LogP contribution in [-0.4, -0.2) is 30.9 Å². The monoisotopic (exact) mass is 304 g/mol. The first kappa shape index (κ1) is 15.6. The lowest BCUT2D eigenvalue weighted by atomic mass is 9.96. The van der Waals surface area contributed by atoms with Crippen LogP contribution in [0.5, 0.6) is 0 Å². The van der Waals surface area contributed by atoms with Crippen molar-refractivity contribution in [2.45, 2.75) is 11.8 Å². The summed E-state index contributed by atoms with van der Waals surface area (Å²) in [6.07, 6.45) is 1.61. The smallest absolute Gasteiger partial charge is 0.381 e. The molecule has 2 unspecified atom stereocenters. The summed E-state index contributed by atoms with van der Waals surface area (Å²) in [6, 6.07) is 8.71. The summed E-state index contributed by atoms with van der Waals surface area (Å²) in [5, 5.41) is 19.5. The van der Waals surface area contributed by atoms with E-state index in [-0.39, 0.29) is 11.5 Å². The second kappa shape index (κ2) is 6.35. The molecule has 2 rings (SSSR count). The van der Waals surface area contributed by atoms with Crippen LogP contribution < -0.4 is 5.73 Å². The molecule has 2 atom stereocenters. The molecule has 1 aliphatic carbocycles. The minimum atomic E-state index is -1.93. The third kappa shape index (κ3) is 2.82. The number of hydrogen-bond donors (Lipinski definition) is 1. The first-order chi connectivity index (χ1) is 10.5. The van der Waals surface area contributed by atoms with E-state index in [4.69, 9.17) is 15.2 Å². The molecule has 1 aromatic rings. The van der Waals surface area contributed by atoms with Crippen LogP contribution >= 0.6 is 0 Å². The van der Waals surface area contributed by atoms with Gasteiger partial charge in [0.2, 0.25) is 0 Å². The zero-order valence-corrected chi connectivity index (χ0v) is 12.2. The van der Waals surface area contributed by atoms with Gasteiger partial charge in [0.1, 0.15) is 5.76 Å². The van der Waals surface area contributed by atoms with Gasteiger partial charge in [-0.2, -0.15) is 0 Å². The molecular formula is C14H16N4O4. The van der Waals surface area contributed by atoms with Crippen molar-refractivity contribution in [2.24, 2.45) is 16.0 Å². The molecule has 0 aliphatic heterocycles. The molecule has 0 radical (unpaired) electrons. The molecule has 0 saturated heterocycles. The Morgan fingerprint density at radius 2 is 2.00 bits per heavy atom. The van der Waals surface area contributed by atoms with Crippen LogP contribution in [-0.2, 0) is 9.47 Å². The van der Waals surface area contributed by atoms with Crippen LogP contribution in [0.2, 0.25) is 0 Å². The molecule has 1 aliphatic rings. The lowest BCUT2D eigenvalue weighted by Gasteiger charge is -2.27. The van der Waals surface area contributed by atoms with Crippen LogP contribution in [0.15, 0.2) is 64.2 Å². The Labute approximate surface area is 127 Å². The number of benzene rings is 1. The third-order valence-electron chi connectivity index (χ3n) is 3.23. The fraction of sp³-hybridized carbons (Fsp3) is 0.286. The first-order valence-electron chi connectivity index (χ1n) is 6.43. The summed E-state index contributed by atoms with van der Waals surface area (Å²) in [7, 11) is 2.72. The predicted molar refractivity (Wildman–Crippen MR) is 78.8 cm³/mol. The molecule has 0 spiro atoms. The maximum absolute atomic E-state index is 11.6. The topological polar surface area (TPSA) is 112 Å². The molecular weight excluding hydrogens is 288 g/mol. The standard InChI is InChI=1S/C14H16N4O4/c1-21-12-9-14(18(19)20,13(22-2)8-11(12)15)17-16-10-6-4-3-5-7-10/h3-9,13H,15H2,1-2H3. The Bertz CT molecular complexity index is 642. The summed E-state index contributed by atoms with van der Waals surface area (Å²) < 4.78 is 10.2. The fourth-order valence-corrected chi connectivity index (χ4v) is 2.06. The highest BCUT2D eigenvalue weighted by molar-refractivity contribution is 5.37. The van der Waals surface area contributed by atoms with Crippen LogP contribution in [0, 0.1) is 10.1 Å². The van der Waals surface area contributed by atoms with Gasteiger partial charge in [-0.15, -0.1) is 10.2 Å². The van der Waals surface area contributed by atoms with Crippen LogP contribution in [0.25, 0.3) is 0 Å². The highest BCUT2D eigenvalue weighted by atomic mass is 16.6. The van der Waals surface area contributed by atoms with Crippen LogP contribution in [0.1, 0.15) is 0 Å². The number of ether oxygens (including phenoxy) is 2. The summed E-state index contributed by atoms with van der Waals surface area (Å²) in [6.45, 7) is 0. The third-order valence-corrected chi connectivity index (χ3v) is 3.23. The van der Waals surface area contributed by atoms with Gasteiger partial charge in [-0.05, 0) is 18.2 Å². The van der Waals surface area contributed by atoms with Gasteiger partial charge in [0, 0.05) is 7.11 Å². The predicted octanol–water partition coefficient (Wildman–Crippen LogP) is 2.14. The minimum absolute atomic E-state index is 0.164. The Morgan fingerprint density at radius 3 is 2.55 bits per heavy atom. The number of rotatable bonds is 5. The van der Waals surface area contributed by atoms with E-state index in [1.807, 2.05) is 6.07 Å². The zero-order valence-electron chi connectivity index (χ0n) is 12.2. The number of methoxy groups -OCH3 is 2. The van der Waals surface area contributed by atoms with E-state index in [9.17, 15) is 10.1 Å². The van der Waals surface area contributed by atoms with Crippen LogP contribution in [0.4, 0.5) is 5.69 Å². The first-order valence-corrected chi connectivity index (χ1v) is 6.43. The van der Waals surface area contributed by atoms with Crippen molar-refractivity contribution in [1.29, 1.82) is 0 Å². The maximum Gasteiger partial charge on any atom is 0.381 e. The Hall–Kier alpha value is -2.74. The molecule has 0 heterocycles. The van der Waals surface area contributed by atoms with Crippen molar-refractivity contribution < 1.29 is 14.4 Å².